The number of hydrogen-bond acceptors (Lipinski definition) is 8. The van der Waals surface area contributed by atoms with Gasteiger partial charge in [-0.25, -0.2) is 0 Å². The van der Waals surface area contributed by atoms with Crippen molar-refractivity contribution in [2.45, 2.75) is 88.9 Å². The Balaban J connectivity index is 1.23. The second-order valence-corrected chi connectivity index (χ2v) is 16.0. The third-order valence-corrected chi connectivity index (χ3v) is 11.7. The van der Waals surface area contributed by atoms with Gasteiger partial charge >= 0.3 is 0 Å². The van der Waals surface area contributed by atoms with Gasteiger partial charge < -0.3 is 42.7 Å². The zero-order valence-electron chi connectivity index (χ0n) is 34.0. The quantitative estimate of drug-likeness (QED) is 0.0510. The number of benzene rings is 3. The molecule has 5 aromatic rings. The van der Waals surface area contributed by atoms with Crippen molar-refractivity contribution in [3.63, 3.8) is 0 Å². The molecule has 14 heteroatoms. The fourth-order valence-corrected chi connectivity index (χ4v) is 8.17. The van der Waals surface area contributed by atoms with Crippen LogP contribution in [0.25, 0.3) is 21.8 Å². The van der Waals surface area contributed by atoms with Gasteiger partial charge in [0.15, 0.2) is 11.6 Å². The lowest BCUT2D eigenvalue weighted by atomic mass is 9.88. The van der Waals surface area contributed by atoms with E-state index in [1.54, 1.807) is 13.1 Å². The molecule has 1 aliphatic heterocycles. The average Bonchev–Trinajstić information content (AvgIpc) is 3.95. The number of aromatic amines is 2. The summed E-state index contributed by atoms with van der Waals surface area (Å²) >= 11 is 0. The number of primary amides is 1. The number of para-hydroxylation sites is 2. The number of nitrogens with zero attached hydrogens (tertiary/aromatic N) is 1. The summed E-state index contributed by atoms with van der Waals surface area (Å²) in [5, 5.41) is 7.61. The zero-order chi connectivity index (χ0) is 42.8. The Kier molecular flexibility index (Phi) is 14.7. The fraction of sp³-hybridized carbons (Fsp3) is 0.391. The van der Waals surface area contributed by atoms with Gasteiger partial charge in [-0.15, -0.1) is 0 Å². The number of nitrogens with one attached hydrogen (secondary N) is 4. The molecule has 0 unspecified atom stereocenters. The number of nitrogens with two attached hydrogens (primary N) is 3. The molecule has 3 aromatic carbocycles. The molecule has 3 heterocycles. The summed E-state index contributed by atoms with van der Waals surface area (Å²) in [7, 11) is 0. The van der Waals surface area contributed by atoms with Crippen LogP contribution in [0.1, 0.15) is 62.1 Å². The molecule has 0 saturated carbocycles. The van der Waals surface area contributed by atoms with Crippen LogP contribution in [-0.4, -0.2) is 87.3 Å². The minimum atomic E-state index is -1.03. The van der Waals surface area contributed by atoms with Crippen molar-refractivity contribution >= 4 is 57.0 Å². The third kappa shape index (κ3) is 10.7. The molecule has 0 spiro atoms. The highest BCUT2D eigenvalue weighted by Crippen LogP contribution is 2.26. The van der Waals surface area contributed by atoms with Crippen molar-refractivity contribution < 1.29 is 28.8 Å². The van der Waals surface area contributed by atoms with Crippen LogP contribution in [0.5, 0.6) is 0 Å². The molecule has 10 N–H and O–H groups in total. The number of hydrogen-bond donors (Lipinski definition) is 7. The van der Waals surface area contributed by atoms with E-state index in [1.165, 1.54) is 4.90 Å². The largest absolute Gasteiger partial charge is 0.369 e. The predicted octanol–water partition coefficient (Wildman–Crippen LogP) is 3.36. The Morgan fingerprint density at radius 3 is 1.95 bits per heavy atom. The van der Waals surface area contributed by atoms with Gasteiger partial charge in [0, 0.05) is 71.8 Å². The van der Waals surface area contributed by atoms with E-state index in [4.69, 9.17) is 17.2 Å². The first kappa shape index (κ1) is 43.5. The third-order valence-electron chi connectivity index (χ3n) is 11.7. The number of fused-ring (bicyclic) bond motifs is 2. The van der Waals surface area contributed by atoms with Crippen LogP contribution in [0, 0.1) is 11.8 Å². The summed E-state index contributed by atoms with van der Waals surface area (Å²) < 4.78 is 0. The predicted molar refractivity (Wildman–Crippen MR) is 230 cm³/mol. The normalized spacial score (nSPS) is 16.6. The highest BCUT2D eigenvalue weighted by atomic mass is 16.2. The Morgan fingerprint density at radius 2 is 1.35 bits per heavy atom. The average molecular weight is 817 g/mol. The van der Waals surface area contributed by atoms with Gasteiger partial charge in [-0.2, -0.15) is 0 Å². The van der Waals surface area contributed by atoms with Gasteiger partial charge in [0.25, 0.3) is 0 Å². The van der Waals surface area contributed by atoms with Crippen molar-refractivity contribution in [1.29, 1.82) is 0 Å². The fourth-order valence-electron chi connectivity index (χ4n) is 8.17. The summed E-state index contributed by atoms with van der Waals surface area (Å²) in [6.07, 6.45) is 5.83. The van der Waals surface area contributed by atoms with E-state index in [-0.39, 0.29) is 43.8 Å². The lowest BCUT2D eigenvalue weighted by Gasteiger charge is -2.28. The van der Waals surface area contributed by atoms with Crippen LogP contribution in [0.15, 0.2) is 91.3 Å². The molecule has 0 aliphatic carbocycles. The second-order valence-electron chi connectivity index (χ2n) is 16.0. The van der Waals surface area contributed by atoms with E-state index in [2.05, 4.69) is 20.6 Å². The van der Waals surface area contributed by atoms with E-state index in [0.717, 1.165) is 38.5 Å². The number of likely N-dealkylation sites (tertiary alicyclic amines) is 1. The first-order valence-electron chi connectivity index (χ1n) is 20.8. The molecule has 1 saturated heterocycles. The minimum Gasteiger partial charge on any atom is -0.369 e. The van der Waals surface area contributed by atoms with E-state index in [9.17, 15) is 28.8 Å². The van der Waals surface area contributed by atoms with Crippen LogP contribution in [0.2, 0.25) is 0 Å². The molecule has 1 fully saturated rings. The second kappa shape index (κ2) is 20.2. The molecular formula is C46H56N8O6. The first-order valence-corrected chi connectivity index (χ1v) is 20.8. The molecule has 6 rings (SSSR count). The molecule has 60 heavy (non-hydrogen) atoms. The molecule has 316 valence electrons. The number of H-pyrrole nitrogens is 2. The Hall–Kier alpha value is -6.12. The summed E-state index contributed by atoms with van der Waals surface area (Å²) in [6.45, 7) is 2.31. The molecule has 6 atom stereocenters. The molecule has 2 aromatic heterocycles. The van der Waals surface area contributed by atoms with Crippen molar-refractivity contribution in [3.8, 4) is 0 Å². The number of aromatic nitrogens is 2. The molecule has 14 nitrogen and oxygen atoms in total. The van der Waals surface area contributed by atoms with E-state index < -0.39 is 59.5 Å². The van der Waals surface area contributed by atoms with E-state index in [1.807, 2.05) is 85.1 Å². The Morgan fingerprint density at radius 1 is 0.750 bits per heavy atom. The number of carbonyl (C=O) groups excluding carboxylic acids is 6. The maximum absolute atomic E-state index is 14.5. The van der Waals surface area contributed by atoms with Gasteiger partial charge in [-0.3, -0.25) is 28.8 Å². The van der Waals surface area contributed by atoms with Crippen molar-refractivity contribution in [2.75, 3.05) is 13.1 Å². The number of rotatable bonds is 22. The van der Waals surface area contributed by atoms with Crippen LogP contribution >= 0.6 is 0 Å². The highest BCUT2D eigenvalue weighted by molar-refractivity contribution is 5.98. The summed E-state index contributed by atoms with van der Waals surface area (Å²) in [6, 6.07) is 20.8. The van der Waals surface area contributed by atoms with Crippen molar-refractivity contribution in [2.24, 2.45) is 29.0 Å². The maximum Gasteiger partial charge on any atom is 0.243 e. The standard InChI is InChI=1S/C46H56N8O6/c1-28(52-45(59)40(54-20-18-36(48)46(54)60)23-33-27-51-38-17-8-6-15-35(33)38)41(55)25-31(22-32-26-50-37-16-7-5-14-34(32)37)44(58)53-39(21-29-11-3-2-4-12-29)42(56)24-30(43(49)57)13-9-10-19-47/h2-8,11-12,14-17,26-28,30-31,36,39-40,50-51H,9-10,13,18-25,47-48H2,1H3,(H2,49,57)(H,52,59)(H,53,58)/t28-,30+,31+,36+,39+,40+/m0/s1. The Labute approximate surface area is 349 Å². The van der Waals surface area contributed by atoms with Crippen molar-refractivity contribution in [1.82, 2.24) is 25.5 Å². The molecule has 1 aliphatic rings. The van der Waals surface area contributed by atoms with Gasteiger partial charge in [0.2, 0.25) is 23.6 Å². The molecule has 0 radical (unpaired) electrons. The lowest BCUT2D eigenvalue weighted by molar-refractivity contribution is -0.139. The summed E-state index contributed by atoms with van der Waals surface area (Å²) in [4.78, 5) is 90.3. The monoisotopic (exact) mass is 816 g/mol. The van der Waals surface area contributed by atoms with Gasteiger partial charge in [0.05, 0.1) is 18.1 Å². The maximum atomic E-state index is 14.5. The van der Waals surface area contributed by atoms with Gasteiger partial charge in [-0.05, 0) is 74.4 Å². The van der Waals surface area contributed by atoms with Gasteiger partial charge in [-0.1, -0.05) is 73.2 Å². The van der Waals surface area contributed by atoms with Gasteiger partial charge in [0.1, 0.15) is 6.04 Å². The molecule has 4 amide bonds. The minimum absolute atomic E-state index is 0.154. The Bertz CT molecular complexity index is 2300. The molecular weight excluding hydrogens is 761 g/mol. The number of amides is 4. The van der Waals surface area contributed by atoms with Crippen LogP contribution < -0.4 is 27.8 Å². The van der Waals surface area contributed by atoms with E-state index in [0.29, 0.717) is 38.8 Å². The SMILES string of the molecule is C[C@H](NC(=O)[C@@H](Cc1c[nH]c2ccccc12)N1CC[C@@H](N)C1=O)C(=O)C[C@@H](Cc1c[nH]c2ccccc12)C(=O)N[C@H](Cc1ccccc1)C(=O)C[C@@H](CCCCN)C(N)=O. The smallest absolute Gasteiger partial charge is 0.243 e. The number of carbonyl (C=O) groups is 6. The van der Waals surface area contributed by atoms with Crippen LogP contribution in [0.3, 0.4) is 0 Å². The summed E-state index contributed by atoms with van der Waals surface area (Å²) in [5.74, 6) is -4.37. The van der Waals surface area contributed by atoms with Crippen LogP contribution in [-0.2, 0) is 48.0 Å². The lowest BCUT2D eigenvalue weighted by Crippen LogP contribution is -2.53. The van der Waals surface area contributed by atoms with Crippen molar-refractivity contribution in [3.05, 3.63) is 108 Å². The van der Waals surface area contributed by atoms with Crippen LogP contribution in [0.4, 0.5) is 0 Å². The number of ketones is 2. The number of Topliss-reactive ketones (excluding diaryl/α,β-unsaturated/α-hetero) is 2. The summed E-state index contributed by atoms with van der Waals surface area (Å²) in [5.41, 5.74) is 21.7. The zero-order valence-corrected chi connectivity index (χ0v) is 34.0. The topological polar surface area (TPSA) is 239 Å². The highest BCUT2D eigenvalue weighted by Gasteiger charge is 2.39. The van der Waals surface area contributed by atoms with E-state index >= 15 is 0 Å². The number of unbranched alkanes of at least 4 members (excludes halogenated alkanes) is 1. The first-order chi connectivity index (χ1) is 28.9. The molecule has 0 bridgehead atoms.